The number of hydrogen-bond acceptors (Lipinski definition) is 2. The molecular weight excluding hydrogens is 355 g/mol. The number of fused-ring (bicyclic) bond motifs is 3. The minimum absolute atomic E-state index is 0.0632. The van der Waals surface area contributed by atoms with Crippen LogP contribution in [0.4, 0.5) is 18.9 Å². The zero-order chi connectivity index (χ0) is 19.2. The van der Waals surface area contributed by atoms with E-state index >= 15 is 0 Å². The highest BCUT2D eigenvalue weighted by atomic mass is 19.4. The van der Waals surface area contributed by atoms with Crippen LogP contribution in [0.25, 0.3) is 21.8 Å². The van der Waals surface area contributed by atoms with Crippen LogP contribution in [0.3, 0.4) is 0 Å². The Bertz CT molecular complexity index is 1180. The Morgan fingerprint density at radius 1 is 1.04 bits per heavy atom. The normalized spacial score (nSPS) is 11.9. The van der Waals surface area contributed by atoms with E-state index in [9.17, 15) is 18.0 Å². The molecule has 4 rings (SSSR count). The van der Waals surface area contributed by atoms with Gasteiger partial charge in [-0.2, -0.15) is 13.2 Å². The molecule has 136 valence electrons. The molecule has 0 radical (unpaired) electrons. The highest BCUT2D eigenvalue weighted by Gasteiger charge is 2.30. The first-order valence-corrected chi connectivity index (χ1v) is 8.19. The SMILES string of the molecule is Cc1nc(C(=O)Nc2cccc(C(F)(F)F)c2)cc2c1[nH]c1ccccc12. The van der Waals surface area contributed by atoms with E-state index in [1.54, 1.807) is 13.0 Å². The number of aryl methyl sites for hydroxylation is 1. The van der Waals surface area contributed by atoms with Crippen LogP contribution in [-0.4, -0.2) is 15.9 Å². The van der Waals surface area contributed by atoms with E-state index in [1.807, 2.05) is 24.3 Å². The summed E-state index contributed by atoms with van der Waals surface area (Å²) < 4.78 is 38.5. The maximum atomic E-state index is 12.8. The fourth-order valence-electron chi connectivity index (χ4n) is 3.09. The average molecular weight is 369 g/mol. The number of para-hydroxylation sites is 1. The van der Waals surface area contributed by atoms with Crippen molar-refractivity contribution in [2.24, 2.45) is 0 Å². The van der Waals surface area contributed by atoms with Crippen LogP contribution in [0, 0.1) is 6.92 Å². The number of rotatable bonds is 2. The maximum Gasteiger partial charge on any atom is 0.416 e. The van der Waals surface area contributed by atoms with Crippen molar-refractivity contribution < 1.29 is 18.0 Å². The number of alkyl halides is 3. The summed E-state index contributed by atoms with van der Waals surface area (Å²) in [4.78, 5) is 20.1. The molecule has 0 aliphatic heterocycles. The zero-order valence-electron chi connectivity index (χ0n) is 14.2. The summed E-state index contributed by atoms with van der Waals surface area (Å²) in [5.74, 6) is -0.565. The third kappa shape index (κ3) is 3.12. The maximum absolute atomic E-state index is 12.8. The standard InChI is InChI=1S/C20H14F3N3O/c1-11-18-15(14-7-2-3-8-16(14)26-18)10-17(24-11)19(27)25-13-6-4-5-12(9-13)20(21,22)23/h2-10,26H,1H3,(H,25,27). The number of pyridine rings is 1. The van der Waals surface area contributed by atoms with Crippen LogP contribution in [0.1, 0.15) is 21.7 Å². The molecule has 0 saturated heterocycles. The fraction of sp³-hybridized carbons (Fsp3) is 0.100. The van der Waals surface area contributed by atoms with Crippen LogP contribution in [0.15, 0.2) is 54.6 Å². The summed E-state index contributed by atoms with van der Waals surface area (Å²) in [6, 6.07) is 13.8. The molecule has 0 aliphatic carbocycles. The number of aromatic amines is 1. The Balaban J connectivity index is 1.72. The van der Waals surface area contributed by atoms with Gasteiger partial charge in [-0.05, 0) is 37.3 Å². The summed E-state index contributed by atoms with van der Waals surface area (Å²) >= 11 is 0. The van der Waals surface area contributed by atoms with Crippen LogP contribution in [-0.2, 0) is 6.18 Å². The lowest BCUT2D eigenvalue weighted by Crippen LogP contribution is -2.15. The number of anilines is 1. The topological polar surface area (TPSA) is 57.8 Å². The summed E-state index contributed by atoms with van der Waals surface area (Å²) in [7, 11) is 0. The van der Waals surface area contributed by atoms with Crippen molar-refractivity contribution in [1.29, 1.82) is 0 Å². The Labute approximate surface area is 152 Å². The molecular formula is C20H14F3N3O. The van der Waals surface area contributed by atoms with E-state index < -0.39 is 17.6 Å². The van der Waals surface area contributed by atoms with Crippen molar-refractivity contribution in [1.82, 2.24) is 9.97 Å². The molecule has 2 N–H and O–H groups in total. The molecule has 4 nitrogen and oxygen atoms in total. The Hall–Kier alpha value is -3.35. The van der Waals surface area contributed by atoms with Crippen molar-refractivity contribution in [2.45, 2.75) is 13.1 Å². The second-order valence-corrected chi connectivity index (χ2v) is 6.22. The number of carbonyl (C=O) groups is 1. The van der Waals surface area contributed by atoms with Gasteiger partial charge in [0.25, 0.3) is 5.91 Å². The van der Waals surface area contributed by atoms with Gasteiger partial charge in [-0.25, -0.2) is 4.98 Å². The third-order valence-electron chi connectivity index (χ3n) is 4.36. The molecule has 1 amide bonds. The molecule has 2 aromatic carbocycles. The minimum atomic E-state index is -4.47. The molecule has 0 spiro atoms. The molecule has 0 atom stereocenters. The lowest BCUT2D eigenvalue weighted by molar-refractivity contribution is -0.137. The molecule has 0 saturated carbocycles. The molecule has 0 fully saturated rings. The second-order valence-electron chi connectivity index (χ2n) is 6.22. The van der Waals surface area contributed by atoms with Crippen LogP contribution in [0.5, 0.6) is 0 Å². The summed E-state index contributed by atoms with van der Waals surface area (Å²) in [6.07, 6.45) is -4.47. The van der Waals surface area contributed by atoms with E-state index in [-0.39, 0.29) is 11.4 Å². The van der Waals surface area contributed by atoms with Crippen LogP contribution >= 0.6 is 0 Å². The van der Waals surface area contributed by atoms with E-state index in [1.165, 1.54) is 12.1 Å². The highest BCUT2D eigenvalue weighted by molar-refractivity contribution is 6.11. The number of H-pyrrole nitrogens is 1. The van der Waals surface area contributed by atoms with Crippen LogP contribution < -0.4 is 5.32 Å². The monoisotopic (exact) mass is 369 g/mol. The van der Waals surface area contributed by atoms with E-state index in [0.717, 1.165) is 33.9 Å². The Morgan fingerprint density at radius 3 is 2.59 bits per heavy atom. The van der Waals surface area contributed by atoms with Crippen molar-refractivity contribution in [3.8, 4) is 0 Å². The molecule has 0 aliphatic rings. The molecule has 7 heteroatoms. The number of nitrogens with zero attached hydrogens (tertiary/aromatic N) is 1. The number of nitrogens with one attached hydrogen (secondary N) is 2. The summed E-state index contributed by atoms with van der Waals surface area (Å²) in [5.41, 5.74) is 1.77. The van der Waals surface area contributed by atoms with Gasteiger partial charge in [0.05, 0.1) is 16.8 Å². The van der Waals surface area contributed by atoms with Crippen molar-refractivity contribution >= 4 is 33.4 Å². The lowest BCUT2D eigenvalue weighted by atomic mass is 10.1. The lowest BCUT2D eigenvalue weighted by Gasteiger charge is -2.10. The quantitative estimate of drug-likeness (QED) is 0.504. The van der Waals surface area contributed by atoms with E-state index in [2.05, 4.69) is 15.3 Å². The molecule has 0 unspecified atom stereocenters. The molecule has 0 bridgehead atoms. The first-order chi connectivity index (χ1) is 12.8. The minimum Gasteiger partial charge on any atom is -0.353 e. The summed E-state index contributed by atoms with van der Waals surface area (Å²) in [5, 5.41) is 4.28. The highest BCUT2D eigenvalue weighted by Crippen LogP contribution is 2.31. The number of hydrogen-bond donors (Lipinski definition) is 2. The summed E-state index contributed by atoms with van der Waals surface area (Å²) in [6.45, 7) is 1.78. The van der Waals surface area contributed by atoms with Crippen molar-refractivity contribution in [2.75, 3.05) is 5.32 Å². The van der Waals surface area contributed by atoms with Gasteiger partial charge in [0.2, 0.25) is 0 Å². The largest absolute Gasteiger partial charge is 0.416 e. The third-order valence-corrected chi connectivity index (χ3v) is 4.36. The van der Waals surface area contributed by atoms with Gasteiger partial charge in [0.1, 0.15) is 5.69 Å². The first-order valence-electron chi connectivity index (χ1n) is 8.19. The Kier molecular flexibility index (Phi) is 3.87. The first kappa shape index (κ1) is 17.1. The van der Waals surface area contributed by atoms with Crippen molar-refractivity contribution in [3.63, 3.8) is 0 Å². The van der Waals surface area contributed by atoms with Gasteiger partial charge in [0.15, 0.2) is 0 Å². The number of carbonyl (C=O) groups excluding carboxylic acids is 1. The Morgan fingerprint density at radius 2 is 1.81 bits per heavy atom. The van der Waals surface area contributed by atoms with Crippen molar-refractivity contribution in [3.05, 3.63) is 71.5 Å². The van der Waals surface area contributed by atoms with Gasteiger partial charge in [-0.15, -0.1) is 0 Å². The van der Waals surface area contributed by atoms with Gasteiger partial charge in [0, 0.05) is 22.0 Å². The van der Waals surface area contributed by atoms with Gasteiger partial charge >= 0.3 is 6.18 Å². The smallest absolute Gasteiger partial charge is 0.353 e. The molecule has 4 aromatic rings. The van der Waals surface area contributed by atoms with E-state index in [0.29, 0.717) is 5.69 Å². The predicted octanol–water partition coefficient (Wildman–Crippen LogP) is 5.30. The number of halogens is 3. The van der Waals surface area contributed by atoms with Gasteiger partial charge in [-0.1, -0.05) is 24.3 Å². The predicted molar refractivity (Wildman–Crippen MR) is 97.7 cm³/mol. The van der Waals surface area contributed by atoms with Gasteiger partial charge < -0.3 is 10.3 Å². The second kappa shape index (κ2) is 6.12. The molecule has 2 aromatic heterocycles. The van der Waals surface area contributed by atoms with Crippen LogP contribution in [0.2, 0.25) is 0 Å². The number of amides is 1. The fourth-order valence-corrected chi connectivity index (χ4v) is 3.09. The van der Waals surface area contributed by atoms with E-state index in [4.69, 9.17) is 0 Å². The molecule has 27 heavy (non-hydrogen) atoms. The number of benzene rings is 2. The van der Waals surface area contributed by atoms with Gasteiger partial charge in [-0.3, -0.25) is 4.79 Å². The molecule has 2 heterocycles. The average Bonchev–Trinajstić information content (AvgIpc) is 3.01. The zero-order valence-corrected chi connectivity index (χ0v) is 14.2. The number of aromatic nitrogens is 2.